The Morgan fingerprint density at radius 1 is 1.50 bits per heavy atom. The molecule has 0 radical (unpaired) electrons. The minimum Gasteiger partial charge on any atom is -0.352 e. The van der Waals surface area contributed by atoms with Gasteiger partial charge < -0.3 is 10.6 Å². The first-order chi connectivity index (χ1) is 7.44. The lowest BCUT2D eigenvalue weighted by molar-refractivity contribution is -0.120. The topological polar surface area (TPSA) is 41.1 Å². The molecule has 0 heterocycles. The van der Waals surface area contributed by atoms with Crippen molar-refractivity contribution in [2.24, 2.45) is 11.3 Å². The van der Waals surface area contributed by atoms with Crippen LogP contribution in [0.1, 0.15) is 33.6 Å². The van der Waals surface area contributed by atoms with Gasteiger partial charge >= 0.3 is 0 Å². The molecular weight excluding hydrogens is 200 g/mol. The van der Waals surface area contributed by atoms with Crippen molar-refractivity contribution in [3.63, 3.8) is 0 Å². The molecule has 1 amide bonds. The van der Waals surface area contributed by atoms with Crippen molar-refractivity contribution in [3.05, 3.63) is 12.7 Å². The number of hydrogen-bond acceptors (Lipinski definition) is 2. The molecule has 0 bridgehead atoms. The predicted octanol–water partition coefficient (Wildman–Crippen LogP) is 1.70. The maximum Gasteiger partial charge on any atom is 0.234 e. The molecule has 3 heteroatoms. The molecule has 0 aromatic rings. The highest BCUT2D eigenvalue weighted by atomic mass is 16.1. The minimum absolute atomic E-state index is 0.0526. The van der Waals surface area contributed by atoms with E-state index in [4.69, 9.17) is 0 Å². The third-order valence-corrected chi connectivity index (χ3v) is 3.30. The standard InChI is InChI=1S/C13H24N2O/c1-5-6-14-12(16)9-15-11-8-13(3,4)7-10(11)2/h5,10-11,15H,1,6-9H2,2-4H3,(H,14,16). The van der Waals surface area contributed by atoms with Crippen LogP contribution in [0, 0.1) is 11.3 Å². The molecular formula is C13H24N2O. The summed E-state index contributed by atoms with van der Waals surface area (Å²) >= 11 is 0. The van der Waals surface area contributed by atoms with Crippen LogP contribution >= 0.6 is 0 Å². The highest BCUT2D eigenvalue weighted by Crippen LogP contribution is 2.40. The Balaban J connectivity index is 2.28. The Labute approximate surface area is 98.7 Å². The lowest BCUT2D eigenvalue weighted by Crippen LogP contribution is -2.40. The van der Waals surface area contributed by atoms with Gasteiger partial charge in [-0.2, -0.15) is 0 Å². The third-order valence-electron chi connectivity index (χ3n) is 3.30. The van der Waals surface area contributed by atoms with E-state index in [1.165, 1.54) is 6.42 Å². The summed E-state index contributed by atoms with van der Waals surface area (Å²) in [4.78, 5) is 11.4. The van der Waals surface area contributed by atoms with E-state index in [0.29, 0.717) is 30.5 Å². The molecule has 2 atom stereocenters. The summed E-state index contributed by atoms with van der Waals surface area (Å²) in [5.41, 5.74) is 0.411. The largest absolute Gasteiger partial charge is 0.352 e. The Bertz CT molecular complexity index is 261. The molecule has 0 spiro atoms. The van der Waals surface area contributed by atoms with Crippen molar-refractivity contribution < 1.29 is 4.79 Å². The zero-order chi connectivity index (χ0) is 12.2. The van der Waals surface area contributed by atoms with Crippen LogP contribution in [0.5, 0.6) is 0 Å². The molecule has 3 nitrogen and oxygen atoms in total. The zero-order valence-corrected chi connectivity index (χ0v) is 10.7. The summed E-state index contributed by atoms with van der Waals surface area (Å²) in [6, 6.07) is 0.476. The van der Waals surface area contributed by atoms with Crippen molar-refractivity contribution >= 4 is 5.91 Å². The quantitative estimate of drug-likeness (QED) is 0.698. The van der Waals surface area contributed by atoms with Gasteiger partial charge in [0, 0.05) is 12.6 Å². The lowest BCUT2D eigenvalue weighted by Gasteiger charge is -2.18. The second-order valence-electron chi connectivity index (χ2n) is 5.63. The molecule has 2 N–H and O–H groups in total. The lowest BCUT2D eigenvalue weighted by atomic mass is 9.91. The van der Waals surface area contributed by atoms with Gasteiger partial charge in [0.15, 0.2) is 0 Å². The van der Waals surface area contributed by atoms with Crippen LogP contribution < -0.4 is 10.6 Å². The Morgan fingerprint density at radius 3 is 2.69 bits per heavy atom. The molecule has 0 aromatic carbocycles. The van der Waals surface area contributed by atoms with Gasteiger partial charge in [-0.3, -0.25) is 4.79 Å². The van der Waals surface area contributed by atoms with E-state index in [0.717, 1.165) is 6.42 Å². The van der Waals surface area contributed by atoms with E-state index in [-0.39, 0.29) is 5.91 Å². The van der Waals surface area contributed by atoms with Gasteiger partial charge in [-0.15, -0.1) is 6.58 Å². The van der Waals surface area contributed by atoms with Crippen LogP contribution in [0.25, 0.3) is 0 Å². The van der Waals surface area contributed by atoms with E-state index in [1.54, 1.807) is 6.08 Å². The molecule has 0 saturated heterocycles. The van der Waals surface area contributed by atoms with Crippen LogP contribution in [-0.4, -0.2) is 25.0 Å². The molecule has 0 aromatic heterocycles. The van der Waals surface area contributed by atoms with Crippen molar-refractivity contribution in [1.82, 2.24) is 10.6 Å². The summed E-state index contributed by atoms with van der Waals surface area (Å²) in [5.74, 6) is 0.707. The second-order valence-corrected chi connectivity index (χ2v) is 5.63. The summed E-state index contributed by atoms with van der Waals surface area (Å²) in [7, 11) is 0. The van der Waals surface area contributed by atoms with E-state index < -0.39 is 0 Å². The zero-order valence-electron chi connectivity index (χ0n) is 10.7. The fourth-order valence-corrected chi connectivity index (χ4v) is 2.64. The first-order valence-electron chi connectivity index (χ1n) is 6.05. The van der Waals surface area contributed by atoms with Crippen molar-refractivity contribution in [1.29, 1.82) is 0 Å². The number of carbonyl (C=O) groups excluding carboxylic acids is 1. The van der Waals surface area contributed by atoms with Crippen LogP contribution in [0.3, 0.4) is 0 Å². The first-order valence-corrected chi connectivity index (χ1v) is 6.05. The number of carbonyl (C=O) groups is 1. The molecule has 1 fully saturated rings. The monoisotopic (exact) mass is 224 g/mol. The molecule has 16 heavy (non-hydrogen) atoms. The van der Waals surface area contributed by atoms with Gasteiger partial charge in [0.1, 0.15) is 0 Å². The van der Waals surface area contributed by atoms with Gasteiger partial charge in [-0.1, -0.05) is 26.8 Å². The number of rotatable bonds is 5. The third kappa shape index (κ3) is 3.97. The normalized spacial score (nSPS) is 27.7. The van der Waals surface area contributed by atoms with Crippen molar-refractivity contribution in [2.45, 2.75) is 39.7 Å². The molecule has 1 saturated carbocycles. The average Bonchev–Trinajstić information content (AvgIpc) is 2.45. The van der Waals surface area contributed by atoms with Crippen LogP contribution in [0.15, 0.2) is 12.7 Å². The summed E-state index contributed by atoms with van der Waals surface area (Å²) in [6.45, 7) is 11.4. The van der Waals surface area contributed by atoms with Crippen molar-refractivity contribution in [3.8, 4) is 0 Å². The molecule has 92 valence electrons. The predicted molar refractivity (Wildman–Crippen MR) is 67.2 cm³/mol. The Morgan fingerprint density at radius 2 is 2.19 bits per heavy atom. The average molecular weight is 224 g/mol. The molecule has 1 aliphatic carbocycles. The van der Waals surface area contributed by atoms with Crippen LogP contribution in [0.2, 0.25) is 0 Å². The number of amides is 1. The highest BCUT2D eigenvalue weighted by molar-refractivity contribution is 5.78. The van der Waals surface area contributed by atoms with Crippen LogP contribution in [0.4, 0.5) is 0 Å². The van der Waals surface area contributed by atoms with Gasteiger partial charge in [0.2, 0.25) is 5.91 Å². The highest BCUT2D eigenvalue weighted by Gasteiger charge is 2.36. The van der Waals surface area contributed by atoms with Crippen molar-refractivity contribution in [2.75, 3.05) is 13.1 Å². The van der Waals surface area contributed by atoms with Crippen LogP contribution in [-0.2, 0) is 4.79 Å². The van der Waals surface area contributed by atoms with Gasteiger partial charge in [0.05, 0.1) is 6.54 Å². The van der Waals surface area contributed by atoms with E-state index in [2.05, 4.69) is 38.0 Å². The summed E-state index contributed by atoms with van der Waals surface area (Å²) in [5, 5.41) is 6.12. The van der Waals surface area contributed by atoms with E-state index >= 15 is 0 Å². The Hall–Kier alpha value is -0.830. The molecule has 0 aliphatic heterocycles. The number of hydrogen-bond donors (Lipinski definition) is 2. The van der Waals surface area contributed by atoms with Gasteiger partial charge in [-0.05, 0) is 24.2 Å². The second kappa shape index (κ2) is 5.48. The SMILES string of the molecule is C=CCNC(=O)CNC1CC(C)(C)CC1C. The fourth-order valence-electron chi connectivity index (χ4n) is 2.64. The molecule has 1 aliphatic rings. The van der Waals surface area contributed by atoms with E-state index in [9.17, 15) is 4.79 Å². The summed E-state index contributed by atoms with van der Waals surface area (Å²) in [6.07, 6.45) is 4.08. The first kappa shape index (κ1) is 13.2. The minimum atomic E-state index is 0.0526. The van der Waals surface area contributed by atoms with E-state index in [1.807, 2.05) is 0 Å². The molecule has 2 unspecified atom stereocenters. The van der Waals surface area contributed by atoms with Gasteiger partial charge in [-0.25, -0.2) is 0 Å². The fraction of sp³-hybridized carbons (Fsp3) is 0.769. The number of nitrogens with one attached hydrogen (secondary N) is 2. The van der Waals surface area contributed by atoms with Gasteiger partial charge in [0.25, 0.3) is 0 Å². The molecule has 1 rings (SSSR count). The smallest absolute Gasteiger partial charge is 0.234 e. The maximum absolute atomic E-state index is 11.4. The summed E-state index contributed by atoms with van der Waals surface area (Å²) < 4.78 is 0. The maximum atomic E-state index is 11.4. The Kier molecular flexibility index (Phi) is 4.54.